The number of nitro groups is 2. The minimum Gasteiger partial charge on any atom is -0.459 e. The number of hydrazone groups is 1. The average molecular weight is 568 g/mol. The second kappa shape index (κ2) is 13.9. The summed E-state index contributed by atoms with van der Waals surface area (Å²) in [5.41, 5.74) is 3.45. The number of nitro benzene ring substituents is 2. The quantitative estimate of drug-likeness (QED) is 0.0990. The summed E-state index contributed by atoms with van der Waals surface area (Å²) in [6.07, 6.45) is -0.175. The molecule has 0 aliphatic heterocycles. The van der Waals surface area contributed by atoms with Gasteiger partial charge in [0.05, 0.1) is 28.4 Å². The van der Waals surface area contributed by atoms with E-state index < -0.39 is 33.2 Å². The van der Waals surface area contributed by atoms with Crippen LogP contribution in [0.2, 0.25) is 0 Å². The summed E-state index contributed by atoms with van der Waals surface area (Å²) < 4.78 is 5.53. The molecule has 0 saturated heterocycles. The van der Waals surface area contributed by atoms with Crippen LogP contribution >= 0.6 is 0 Å². The third-order valence-corrected chi connectivity index (χ3v) is 6.09. The fourth-order valence-electron chi connectivity index (χ4n) is 3.96. The number of benzene rings is 4. The van der Waals surface area contributed by atoms with Crippen molar-refractivity contribution in [2.24, 2.45) is 5.10 Å². The molecular weight excluding hydrogens is 542 g/mol. The van der Waals surface area contributed by atoms with Gasteiger partial charge in [-0.25, -0.2) is 0 Å². The first-order chi connectivity index (χ1) is 20.3. The molecule has 0 radical (unpaired) electrons. The average Bonchev–Trinajstić information content (AvgIpc) is 3.01. The molecule has 4 aromatic rings. The number of non-ortho nitro benzene ring substituents is 1. The summed E-state index contributed by atoms with van der Waals surface area (Å²) >= 11 is 0. The standard InChI is InChI=1S/C30H25N5O7/c36-29(19-26(21-10-4-1-5-11-21)31-30(37)23-14-8-3-9-15-23)42-20-27(22-12-6-2-7-13-22)33-32-25-17-16-24(34(38)39)18-28(25)35(40)41/h1-18,26,32H,19-20H2,(H,31,37). The molecule has 0 spiro atoms. The highest BCUT2D eigenvalue weighted by molar-refractivity contribution is 6.02. The van der Waals surface area contributed by atoms with Crippen LogP contribution in [0.1, 0.15) is 33.9 Å². The maximum absolute atomic E-state index is 13.0. The zero-order valence-corrected chi connectivity index (χ0v) is 22.1. The van der Waals surface area contributed by atoms with E-state index in [9.17, 15) is 29.8 Å². The molecule has 0 saturated carbocycles. The number of ether oxygens (including phenoxy) is 1. The number of carbonyl (C=O) groups is 2. The highest BCUT2D eigenvalue weighted by Crippen LogP contribution is 2.29. The van der Waals surface area contributed by atoms with Gasteiger partial charge in [0, 0.05) is 17.2 Å². The van der Waals surface area contributed by atoms with Gasteiger partial charge in [-0.3, -0.25) is 35.2 Å². The van der Waals surface area contributed by atoms with Crippen molar-refractivity contribution in [3.05, 3.63) is 146 Å². The number of carbonyl (C=O) groups excluding carboxylic acids is 2. The number of amides is 1. The highest BCUT2D eigenvalue weighted by Gasteiger charge is 2.22. The second-order valence-corrected chi connectivity index (χ2v) is 8.92. The summed E-state index contributed by atoms with van der Waals surface area (Å²) in [5.74, 6) is -0.972. The zero-order valence-electron chi connectivity index (χ0n) is 22.1. The van der Waals surface area contributed by atoms with E-state index in [-0.39, 0.29) is 30.3 Å². The molecular formula is C30H25N5O7. The zero-order chi connectivity index (χ0) is 29.9. The van der Waals surface area contributed by atoms with Gasteiger partial charge in [-0.05, 0) is 23.8 Å². The van der Waals surface area contributed by atoms with Crippen LogP contribution in [-0.2, 0) is 9.53 Å². The van der Waals surface area contributed by atoms with Crippen LogP contribution in [-0.4, -0.2) is 34.0 Å². The monoisotopic (exact) mass is 567 g/mol. The molecule has 0 heterocycles. The number of hydrogen-bond acceptors (Lipinski definition) is 9. The molecule has 0 aromatic heterocycles. The van der Waals surface area contributed by atoms with Crippen molar-refractivity contribution >= 4 is 34.7 Å². The van der Waals surface area contributed by atoms with Crippen LogP contribution in [0.15, 0.2) is 114 Å². The molecule has 0 bridgehead atoms. The molecule has 0 aliphatic rings. The molecule has 212 valence electrons. The Morgan fingerprint density at radius 2 is 1.38 bits per heavy atom. The maximum Gasteiger partial charge on any atom is 0.308 e. The largest absolute Gasteiger partial charge is 0.459 e. The van der Waals surface area contributed by atoms with E-state index in [0.717, 1.165) is 12.1 Å². The number of anilines is 1. The van der Waals surface area contributed by atoms with E-state index >= 15 is 0 Å². The summed E-state index contributed by atoms with van der Waals surface area (Å²) in [7, 11) is 0. The van der Waals surface area contributed by atoms with Gasteiger partial charge in [-0.2, -0.15) is 5.10 Å². The molecule has 1 unspecified atom stereocenters. The molecule has 0 aliphatic carbocycles. The van der Waals surface area contributed by atoms with Crippen molar-refractivity contribution in [3.8, 4) is 0 Å². The van der Waals surface area contributed by atoms with E-state index in [1.54, 1.807) is 84.9 Å². The fourth-order valence-corrected chi connectivity index (χ4v) is 3.96. The van der Waals surface area contributed by atoms with Gasteiger partial charge in [-0.1, -0.05) is 78.9 Å². The summed E-state index contributed by atoms with van der Waals surface area (Å²) in [6, 6.07) is 28.7. The molecule has 42 heavy (non-hydrogen) atoms. The minimum absolute atomic E-state index is 0.0851. The number of nitrogens with one attached hydrogen (secondary N) is 2. The first-order valence-electron chi connectivity index (χ1n) is 12.7. The number of esters is 1. The van der Waals surface area contributed by atoms with Crippen LogP contribution in [0.25, 0.3) is 0 Å². The van der Waals surface area contributed by atoms with Crippen LogP contribution in [0.5, 0.6) is 0 Å². The van der Waals surface area contributed by atoms with E-state index in [4.69, 9.17) is 4.74 Å². The van der Waals surface area contributed by atoms with E-state index in [1.807, 2.05) is 6.07 Å². The molecule has 12 heteroatoms. The molecule has 4 rings (SSSR count). The predicted molar refractivity (Wildman–Crippen MR) is 155 cm³/mol. The number of hydrogen-bond donors (Lipinski definition) is 2. The lowest BCUT2D eigenvalue weighted by Gasteiger charge is -2.19. The molecule has 0 fully saturated rings. The van der Waals surface area contributed by atoms with E-state index in [1.165, 1.54) is 6.07 Å². The van der Waals surface area contributed by atoms with Crippen molar-refractivity contribution in [2.75, 3.05) is 12.0 Å². The van der Waals surface area contributed by atoms with Gasteiger partial charge in [0.25, 0.3) is 11.6 Å². The Hall–Kier alpha value is -5.91. The lowest BCUT2D eigenvalue weighted by atomic mass is 10.0. The topological polar surface area (TPSA) is 166 Å². The summed E-state index contributed by atoms with van der Waals surface area (Å²) in [6.45, 7) is -0.301. The van der Waals surface area contributed by atoms with E-state index in [2.05, 4.69) is 15.8 Å². The van der Waals surface area contributed by atoms with Crippen molar-refractivity contribution in [2.45, 2.75) is 12.5 Å². The highest BCUT2D eigenvalue weighted by atomic mass is 16.6. The number of rotatable bonds is 12. The minimum atomic E-state index is -0.763. The smallest absolute Gasteiger partial charge is 0.308 e. The first kappa shape index (κ1) is 29.1. The van der Waals surface area contributed by atoms with Gasteiger partial charge >= 0.3 is 11.7 Å². The van der Waals surface area contributed by atoms with Gasteiger partial charge in [0.1, 0.15) is 18.0 Å². The predicted octanol–water partition coefficient (Wildman–Crippen LogP) is 5.42. The SMILES string of the molecule is O=C(CC(NC(=O)c1ccccc1)c1ccccc1)OCC(=NNc1ccc([N+](=O)[O-])cc1[N+](=O)[O-])c1ccccc1. The molecule has 1 atom stereocenters. The third kappa shape index (κ3) is 7.82. The molecule has 1 amide bonds. The van der Waals surface area contributed by atoms with Crippen molar-refractivity contribution < 1.29 is 24.2 Å². The molecule has 12 nitrogen and oxygen atoms in total. The van der Waals surface area contributed by atoms with Crippen LogP contribution in [0.4, 0.5) is 17.1 Å². The van der Waals surface area contributed by atoms with Gasteiger partial charge in [-0.15, -0.1) is 0 Å². The van der Waals surface area contributed by atoms with Gasteiger partial charge < -0.3 is 10.1 Å². The van der Waals surface area contributed by atoms with Gasteiger partial charge in [0.15, 0.2) is 0 Å². The lowest BCUT2D eigenvalue weighted by molar-refractivity contribution is -0.393. The van der Waals surface area contributed by atoms with Gasteiger partial charge in [0.2, 0.25) is 0 Å². The maximum atomic E-state index is 13.0. The van der Waals surface area contributed by atoms with Crippen LogP contribution in [0.3, 0.4) is 0 Å². The molecule has 2 N–H and O–H groups in total. The first-order valence-corrected chi connectivity index (χ1v) is 12.7. The fraction of sp³-hybridized carbons (Fsp3) is 0.100. The van der Waals surface area contributed by atoms with Crippen molar-refractivity contribution in [3.63, 3.8) is 0 Å². The normalized spacial score (nSPS) is 11.7. The Balaban J connectivity index is 1.51. The lowest BCUT2D eigenvalue weighted by Crippen LogP contribution is -2.31. The van der Waals surface area contributed by atoms with Crippen molar-refractivity contribution in [1.29, 1.82) is 0 Å². The Morgan fingerprint density at radius 1 is 0.786 bits per heavy atom. The van der Waals surface area contributed by atoms with Crippen LogP contribution < -0.4 is 10.7 Å². The Kier molecular flexibility index (Phi) is 9.65. The Morgan fingerprint density at radius 3 is 1.98 bits per heavy atom. The number of nitrogens with zero attached hydrogens (tertiary/aromatic N) is 3. The second-order valence-electron chi connectivity index (χ2n) is 8.92. The summed E-state index contributed by atoms with van der Waals surface area (Å²) in [5, 5.41) is 29.7. The summed E-state index contributed by atoms with van der Waals surface area (Å²) in [4.78, 5) is 46.9. The van der Waals surface area contributed by atoms with E-state index in [0.29, 0.717) is 16.7 Å². The Bertz CT molecular complexity index is 1600. The third-order valence-electron chi connectivity index (χ3n) is 6.09. The molecule has 4 aromatic carbocycles. The van der Waals surface area contributed by atoms with Crippen molar-refractivity contribution in [1.82, 2.24) is 5.32 Å². The van der Waals surface area contributed by atoms with Crippen LogP contribution in [0, 0.1) is 20.2 Å². The Labute approximate surface area is 240 Å².